The SMILES string of the molecule is CCCC(C)(N)C(=O)Nc1ccc(OCc2ccccn2)c(Cl)c1. The minimum atomic E-state index is -0.907. The van der Waals surface area contributed by atoms with Gasteiger partial charge in [-0.3, -0.25) is 9.78 Å². The number of hydrogen-bond donors (Lipinski definition) is 2. The Labute approximate surface area is 147 Å². The van der Waals surface area contributed by atoms with Crippen molar-refractivity contribution >= 4 is 23.2 Å². The van der Waals surface area contributed by atoms with E-state index in [1.807, 2.05) is 25.1 Å². The minimum Gasteiger partial charge on any atom is -0.486 e. The number of rotatable bonds is 7. The molecule has 1 aromatic carbocycles. The fourth-order valence-corrected chi connectivity index (χ4v) is 2.47. The summed E-state index contributed by atoms with van der Waals surface area (Å²) in [5.74, 6) is 0.298. The van der Waals surface area contributed by atoms with Crippen molar-refractivity contribution in [1.82, 2.24) is 4.98 Å². The summed E-state index contributed by atoms with van der Waals surface area (Å²) in [6, 6.07) is 10.7. The average Bonchev–Trinajstić information content (AvgIpc) is 2.55. The third kappa shape index (κ3) is 4.94. The molecule has 0 saturated carbocycles. The maximum atomic E-state index is 12.2. The third-order valence-corrected chi connectivity index (χ3v) is 3.87. The number of pyridine rings is 1. The number of anilines is 1. The topological polar surface area (TPSA) is 77.2 Å². The summed E-state index contributed by atoms with van der Waals surface area (Å²) in [6.07, 6.45) is 3.15. The Morgan fingerprint density at radius 2 is 2.17 bits per heavy atom. The second-order valence-corrected chi connectivity index (χ2v) is 6.28. The van der Waals surface area contributed by atoms with Crippen LogP contribution in [0.4, 0.5) is 5.69 Å². The largest absolute Gasteiger partial charge is 0.486 e. The van der Waals surface area contributed by atoms with E-state index in [4.69, 9.17) is 22.1 Å². The molecule has 1 amide bonds. The fraction of sp³-hybridized carbons (Fsp3) is 0.333. The summed E-state index contributed by atoms with van der Waals surface area (Å²) in [7, 11) is 0. The number of benzene rings is 1. The summed E-state index contributed by atoms with van der Waals surface area (Å²) < 4.78 is 5.66. The number of carbonyl (C=O) groups is 1. The Kier molecular flexibility index (Phi) is 6.17. The molecular weight excluding hydrogens is 326 g/mol. The van der Waals surface area contributed by atoms with Crippen molar-refractivity contribution in [3.8, 4) is 5.75 Å². The Hall–Kier alpha value is -2.11. The predicted octanol–water partition coefficient (Wildman–Crippen LogP) is 3.77. The second-order valence-electron chi connectivity index (χ2n) is 5.88. The van der Waals surface area contributed by atoms with Gasteiger partial charge in [-0.1, -0.05) is 31.0 Å². The Bertz CT molecular complexity index is 690. The van der Waals surface area contributed by atoms with Crippen LogP contribution in [0, 0.1) is 0 Å². The normalized spacial score (nSPS) is 13.2. The zero-order valence-electron chi connectivity index (χ0n) is 13.9. The van der Waals surface area contributed by atoms with Crippen molar-refractivity contribution in [3.63, 3.8) is 0 Å². The summed E-state index contributed by atoms with van der Waals surface area (Å²) in [6.45, 7) is 4.03. The van der Waals surface area contributed by atoms with Crippen molar-refractivity contribution in [2.45, 2.75) is 38.8 Å². The zero-order valence-corrected chi connectivity index (χ0v) is 14.6. The van der Waals surface area contributed by atoms with Gasteiger partial charge >= 0.3 is 0 Å². The highest BCUT2D eigenvalue weighted by atomic mass is 35.5. The first kappa shape index (κ1) is 18.2. The van der Waals surface area contributed by atoms with Crippen molar-refractivity contribution in [2.75, 3.05) is 5.32 Å². The number of carbonyl (C=O) groups excluding carboxylic acids is 1. The molecule has 0 bridgehead atoms. The lowest BCUT2D eigenvalue weighted by molar-refractivity contribution is -0.120. The smallest absolute Gasteiger partial charge is 0.244 e. The maximum Gasteiger partial charge on any atom is 0.244 e. The molecule has 0 saturated heterocycles. The van der Waals surface area contributed by atoms with Crippen LogP contribution in [0.1, 0.15) is 32.4 Å². The molecule has 0 aliphatic rings. The van der Waals surface area contributed by atoms with Crippen molar-refractivity contribution in [2.24, 2.45) is 5.73 Å². The highest BCUT2D eigenvalue weighted by molar-refractivity contribution is 6.32. The molecule has 0 spiro atoms. The molecule has 2 aromatic rings. The first-order valence-electron chi connectivity index (χ1n) is 7.85. The minimum absolute atomic E-state index is 0.234. The van der Waals surface area contributed by atoms with Crippen LogP contribution in [-0.2, 0) is 11.4 Å². The first-order valence-corrected chi connectivity index (χ1v) is 8.23. The molecule has 0 radical (unpaired) electrons. The Morgan fingerprint density at radius 1 is 1.38 bits per heavy atom. The molecule has 3 N–H and O–H groups in total. The number of ether oxygens (including phenoxy) is 1. The highest BCUT2D eigenvalue weighted by Crippen LogP contribution is 2.28. The second kappa shape index (κ2) is 8.13. The van der Waals surface area contributed by atoms with Gasteiger partial charge in [0.05, 0.1) is 16.3 Å². The van der Waals surface area contributed by atoms with E-state index >= 15 is 0 Å². The summed E-state index contributed by atoms with van der Waals surface area (Å²) in [4.78, 5) is 16.4. The van der Waals surface area contributed by atoms with Gasteiger partial charge in [-0.25, -0.2) is 0 Å². The van der Waals surface area contributed by atoms with E-state index in [0.717, 1.165) is 12.1 Å². The lowest BCUT2D eigenvalue weighted by Crippen LogP contribution is -2.48. The molecule has 0 aliphatic carbocycles. The van der Waals surface area contributed by atoms with Crippen LogP contribution in [-0.4, -0.2) is 16.4 Å². The summed E-state index contributed by atoms with van der Waals surface area (Å²) in [5, 5.41) is 3.21. The number of aromatic nitrogens is 1. The van der Waals surface area contributed by atoms with Crippen LogP contribution in [0.15, 0.2) is 42.6 Å². The van der Waals surface area contributed by atoms with Gasteiger partial charge in [0, 0.05) is 11.9 Å². The number of nitrogens with two attached hydrogens (primary N) is 1. The number of nitrogens with one attached hydrogen (secondary N) is 1. The molecule has 1 atom stereocenters. The molecular formula is C18H22ClN3O2. The molecule has 0 aliphatic heterocycles. The van der Waals surface area contributed by atoms with Gasteiger partial charge in [-0.05, 0) is 43.7 Å². The van der Waals surface area contributed by atoms with E-state index in [1.165, 1.54) is 0 Å². The quantitative estimate of drug-likeness (QED) is 0.799. The summed E-state index contributed by atoms with van der Waals surface area (Å²) >= 11 is 6.23. The van der Waals surface area contributed by atoms with Gasteiger partial charge in [0.2, 0.25) is 5.91 Å². The molecule has 2 rings (SSSR count). The van der Waals surface area contributed by atoms with Crippen molar-refractivity contribution in [1.29, 1.82) is 0 Å². The standard InChI is InChI=1S/C18H22ClN3O2/c1-3-9-18(2,20)17(23)22-13-7-8-16(15(19)11-13)24-12-14-6-4-5-10-21-14/h4-8,10-11H,3,9,12,20H2,1-2H3,(H,22,23). The molecule has 1 aromatic heterocycles. The van der Waals surface area contributed by atoms with E-state index in [0.29, 0.717) is 29.5 Å². The van der Waals surface area contributed by atoms with Gasteiger partial charge in [0.1, 0.15) is 12.4 Å². The van der Waals surface area contributed by atoms with Crippen LogP contribution < -0.4 is 15.8 Å². The fourth-order valence-electron chi connectivity index (χ4n) is 2.24. The predicted molar refractivity (Wildman–Crippen MR) is 96.2 cm³/mol. The Balaban J connectivity index is 2.00. The number of halogens is 1. The van der Waals surface area contributed by atoms with Gasteiger partial charge in [-0.2, -0.15) is 0 Å². The molecule has 6 heteroatoms. The lowest BCUT2D eigenvalue weighted by atomic mass is 9.96. The highest BCUT2D eigenvalue weighted by Gasteiger charge is 2.27. The van der Waals surface area contributed by atoms with E-state index in [1.54, 1.807) is 31.3 Å². The maximum absolute atomic E-state index is 12.2. The lowest BCUT2D eigenvalue weighted by Gasteiger charge is -2.23. The van der Waals surface area contributed by atoms with Gasteiger partial charge in [-0.15, -0.1) is 0 Å². The average molecular weight is 348 g/mol. The molecule has 1 unspecified atom stereocenters. The van der Waals surface area contributed by atoms with E-state index in [-0.39, 0.29) is 5.91 Å². The van der Waals surface area contributed by atoms with Crippen molar-refractivity contribution < 1.29 is 9.53 Å². The van der Waals surface area contributed by atoms with E-state index in [9.17, 15) is 4.79 Å². The monoisotopic (exact) mass is 347 g/mol. The molecule has 5 nitrogen and oxygen atoms in total. The van der Waals surface area contributed by atoms with Crippen LogP contribution in [0.2, 0.25) is 5.02 Å². The van der Waals surface area contributed by atoms with Crippen molar-refractivity contribution in [3.05, 3.63) is 53.3 Å². The molecule has 1 heterocycles. The van der Waals surface area contributed by atoms with E-state index in [2.05, 4.69) is 10.3 Å². The van der Waals surface area contributed by atoms with Gasteiger partial charge in [0.15, 0.2) is 0 Å². The van der Waals surface area contributed by atoms with Crippen LogP contribution in [0.5, 0.6) is 5.75 Å². The number of nitrogens with zero attached hydrogens (tertiary/aromatic N) is 1. The third-order valence-electron chi connectivity index (χ3n) is 3.58. The van der Waals surface area contributed by atoms with Gasteiger partial charge < -0.3 is 15.8 Å². The molecule has 24 heavy (non-hydrogen) atoms. The summed E-state index contributed by atoms with van der Waals surface area (Å²) in [5.41, 5.74) is 6.51. The number of amides is 1. The molecule has 0 fully saturated rings. The first-order chi connectivity index (χ1) is 11.4. The van der Waals surface area contributed by atoms with Crippen LogP contribution in [0.3, 0.4) is 0 Å². The number of hydrogen-bond acceptors (Lipinski definition) is 4. The zero-order chi connectivity index (χ0) is 17.6. The molecule has 128 valence electrons. The van der Waals surface area contributed by atoms with Crippen LogP contribution >= 0.6 is 11.6 Å². The van der Waals surface area contributed by atoms with Gasteiger partial charge in [0.25, 0.3) is 0 Å². The Morgan fingerprint density at radius 3 is 2.79 bits per heavy atom. The van der Waals surface area contributed by atoms with Crippen LogP contribution in [0.25, 0.3) is 0 Å². The van der Waals surface area contributed by atoms with E-state index < -0.39 is 5.54 Å².